The molecule has 0 aromatic rings. The Labute approximate surface area is 137 Å². The van der Waals surface area contributed by atoms with Crippen molar-refractivity contribution in [2.24, 2.45) is 11.8 Å². The molecule has 1 aliphatic heterocycles. The van der Waals surface area contributed by atoms with Gasteiger partial charge < -0.3 is 9.53 Å². The summed E-state index contributed by atoms with van der Waals surface area (Å²) in [7, 11) is 0. The molecule has 0 spiro atoms. The van der Waals surface area contributed by atoms with Crippen LogP contribution in [0.25, 0.3) is 0 Å². The molecule has 0 fully saturated rings. The molecule has 1 rings (SSSR count). The maximum absolute atomic E-state index is 10.0. The third-order valence-corrected chi connectivity index (χ3v) is 2.19. The minimum absolute atomic E-state index is 0. The van der Waals surface area contributed by atoms with Gasteiger partial charge in [-0.05, 0) is 30.6 Å². The Balaban J connectivity index is -0.0000000683. The molecule has 1 unspecified atom stereocenters. The van der Waals surface area contributed by atoms with Crippen molar-refractivity contribution in [2.75, 3.05) is 6.61 Å². The Kier molecular flexibility index (Phi) is 27.4. The molecule has 130 valence electrons. The van der Waals surface area contributed by atoms with E-state index < -0.39 is 0 Å². The first-order chi connectivity index (χ1) is 10.5. The smallest absolute Gasteiger partial charge is 0.142 e. The van der Waals surface area contributed by atoms with Gasteiger partial charge in [0.2, 0.25) is 0 Å². The Bertz CT molecular complexity index is 292. The monoisotopic (exact) mass is 316 g/mol. The lowest BCUT2D eigenvalue weighted by Crippen LogP contribution is -2.10. The lowest BCUT2D eigenvalue weighted by atomic mass is 10.1. The summed E-state index contributed by atoms with van der Waals surface area (Å²) in [5.74, 6) is 0.995. The van der Waals surface area contributed by atoms with Gasteiger partial charge in [0.1, 0.15) is 18.9 Å². The zero-order chi connectivity index (χ0) is 17.6. The normalized spacial score (nSPS) is 14.3. The average Bonchev–Trinajstić information content (AvgIpc) is 2.56. The highest BCUT2D eigenvalue weighted by Crippen LogP contribution is 2.06. The molecular weight excluding hydrogens is 280 g/mol. The number of rotatable bonds is 5. The molecule has 0 aromatic heterocycles. The summed E-state index contributed by atoms with van der Waals surface area (Å²) in [5.41, 5.74) is 0. The van der Waals surface area contributed by atoms with Gasteiger partial charge in [-0.2, -0.15) is 0 Å². The fourth-order valence-electron chi connectivity index (χ4n) is 1.22. The summed E-state index contributed by atoms with van der Waals surface area (Å²) >= 11 is 0. The number of allylic oxidation sites excluding steroid dienone is 3. The van der Waals surface area contributed by atoms with Crippen LogP contribution in [0.2, 0.25) is 0 Å². The van der Waals surface area contributed by atoms with Crippen LogP contribution in [0.5, 0.6) is 0 Å². The predicted molar refractivity (Wildman–Crippen MR) is 95.8 cm³/mol. The second kappa shape index (κ2) is 24.1. The van der Waals surface area contributed by atoms with Crippen molar-refractivity contribution in [3.63, 3.8) is 0 Å². The molecule has 22 heavy (non-hydrogen) atoms. The summed E-state index contributed by atoms with van der Waals surface area (Å²) in [6.07, 6.45) is 11.6. The van der Waals surface area contributed by atoms with Crippen LogP contribution < -0.4 is 0 Å². The van der Waals surface area contributed by atoms with E-state index in [1.54, 1.807) is 6.26 Å². The van der Waals surface area contributed by atoms with Gasteiger partial charge in [0, 0.05) is 2.85 Å². The summed E-state index contributed by atoms with van der Waals surface area (Å²) in [5, 5.41) is 0. The first-order valence-electron chi connectivity index (χ1n) is 7.38. The Morgan fingerprint density at radius 3 is 1.91 bits per heavy atom. The number of carbonyl (C=O) groups excluding carboxylic acids is 3. The van der Waals surface area contributed by atoms with Gasteiger partial charge in [-0.1, -0.05) is 46.8 Å². The van der Waals surface area contributed by atoms with Gasteiger partial charge in [0.05, 0.1) is 18.8 Å². The van der Waals surface area contributed by atoms with Crippen LogP contribution in [0.15, 0.2) is 37.6 Å². The van der Waals surface area contributed by atoms with E-state index in [0.29, 0.717) is 19.2 Å². The minimum atomic E-state index is 0. The van der Waals surface area contributed by atoms with Crippen LogP contribution in [-0.2, 0) is 19.1 Å². The SMILES string of the molecule is C=CC=O.C=CC=O.CCCC(C)C.O=CC1CC=COC1.[3HH].[HH]. The van der Waals surface area contributed by atoms with Crippen molar-refractivity contribution in [1.29, 1.82) is 0 Å². The lowest BCUT2D eigenvalue weighted by molar-refractivity contribution is -0.112. The van der Waals surface area contributed by atoms with Crippen LogP contribution in [0.3, 0.4) is 0 Å². The number of hydrogen-bond donors (Lipinski definition) is 0. The number of aldehydes is 3. The standard InChI is InChI=1S/C6H8O2.C6H14.2C3H4O.2H2/c7-4-6-2-1-3-8-5-6;1-4-5-6(2)3;2*1-2-3-4;;/h1,3-4,6H,2,5H2;6H,4-5H2,1-3H3;2*2-3H,1H2;2*1H/i;;;;1+2;. The molecule has 4 heteroatoms. The highest BCUT2D eigenvalue weighted by atomic mass is 16.5. The van der Waals surface area contributed by atoms with Gasteiger partial charge in [0.15, 0.2) is 0 Å². The highest BCUT2D eigenvalue weighted by Gasteiger charge is 2.07. The molecular formula is C18H34O4. The molecule has 0 N–H and O–H groups in total. The van der Waals surface area contributed by atoms with E-state index in [0.717, 1.165) is 18.6 Å². The predicted octanol–water partition coefficient (Wildman–Crippen LogP) is 4.41. The summed E-state index contributed by atoms with van der Waals surface area (Å²) < 4.78 is 4.86. The van der Waals surface area contributed by atoms with E-state index in [2.05, 4.69) is 33.9 Å². The number of ether oxygens (including phenoxy) is 1. The van der Waals surface area contributed by atoms with Crippen LogP contribution in [0, 0.1) is 11.8 Å². The molecule has 0 aromatic carbocycles. The van der Waals surface area contributed by atoms with Gasteiger partial charge >= 0.3 is 0 Å². The van der Waals surface area contributed by atoms with E-state index in [4.69, 9.17) is 14.3 Å². The molecule has 0 radical (unpaired) electrons. The molecule has 0 bridgehead atoms. The average molecular weight is 316 g/mol. The zero-order valence-corrected chi connectivity index (χ0v) is 14.1. The topological polar surface area (TPSA) is 60.4 Å². The van der Waals surface area contributed by atoms with Crippen LogP contribution in [0.1, 0.15) is 42.9 Å². The molecule has 0 saturated heterocycles. The van der Waals surface area contributed by atoms with E-state index in [9.17, 15) is 4.79 Å². The Morgan fingerprint density at radius 1 is 1.27 bits per heavy atom. The third-order valence-electron chi connectivity index (χ3n) is 2.19. The van der Waals surface area contributed by atoms with Crippen LogP contribution in [0.4, 0.5) is 0 Å². The summed E-state index contributed by atoms with van der Waals surface area (Å²) in [6.45, 7) is 13.5. The maximum atomic E-state index is 10.0. The summed E-state index contributed by atoms with van der Waals surface area (Å²) in [6, 6.07) is 0. The first-order valence-corrected chi connectivity index (χ1v) is 7.38. The molecule has 4 nitrogen and oxygen atoms in total. The van der Waals surface area contributed by atoms with Crippen molar-refractivity contribution >= 4 is 18.9 Å². The Morgan fingerprint density at radius 2 is 1.77 bits per heavy atom. The second-order valence-corrected chi connectivity index (χ2v) is 4.76. The third kappa shape index (κ3) is 30.8. The fourth-order valence-corrected chi connectivity index (χ4v) is 1.22. The van der Waals surface area contributed by atoms with Gasteiger partial charge in [-0.15, -0.1) is 0 Å². The molecule has 1 aliphatic rings. The molecule has 1 atom stereocenters. The van der Waals surface area contributed by atoms with Crippen LogP contribution >= 0.6 is 0 Å². The van der Waals surface area contributed by atoms with E-state index in [1.165, 1.54) is 25.0 Å². The van der Waals surface area contributed by atoms with Crippen LogP contribution in [-0.4, -0.2) is 25.5 Å². The van der Waals surface area contributed by atoms with E-state index >= 15 is 0 Å². The van der Waals surface area contributed by atoms with E-state index in [1.807, 2.05) is 6.08 Å². The van der Waals surface area contributed by atoms with Gasteiger partial charge in [-0.3, -0.25) is 9.59 Å². The van der Waals surface area contributed by atoms with E-state index in [-0.39, 0.29) is 8.77 Å². The molecule has 0 saturated carbocycles. The van der Waals surface area contributed by atoms with Crippen molar-refractivity contribution in [3.05, 3.63) is 37.6 Å². The van der Waals surface area contributed by atoms with Crippen molar-refractivity contribution in [1.82, 2.24) is 0 Å². The van der Waals surface area contributed by atoms with Crippen molar-refractivity contribution in [2.45, 2.75) is 40.0 Å². The highest BCUT2D eigenvalue weighted by molar-refractivity contribution is 5.63. The molecule has 0 aliphatic carbocycles. The quantitative estimate of drug-likeness (QED) is 0.556. The maximum Gasteiger partial charge on any atom is 0.142 e. The van der Waals surface area contributed by atoms with Gasteiger partial charge in [-0.25, -0.2) is 0 Å². The largest absolute Gasteiger partial charge is 0.501 e. The number of hydrogen-bond acceptors (Lipinski definition) is 4. The molecule has 1 heterocycles. The fraction of sp³-hybridized carbons (Fsp3) is 0.500. The first kappa shape index (κ1) is 25.0. The number of carbonyl (C=O) groups is 3. The zero-order valence-electron chi connectivity index (χ0n) is 14.1. The van der Waals surface area contributed by atoms with Crippen molar-refractivity contribution in [3.8, 4) is 0 Å². The van der Waals surface area contributed by atoms with Gasteiger partial charge in [0.25, 0.3) is 0 Å². The lowest BCUT2D eigenvalue weighted by Gasteiger charge is -2.10. The second-order valence-electron chi connectivity index (χ2n) is 4.76. The minimum Gasteiger partial charge on any atom is -0.501 e. The van der Waals surface area contributed by atoms with Crippen molar-refractivity contribution < 1.29 is 22.0 Å². The Hall–Kier alpha value is -1.97. The summed E-state index contributed by atoms with van der Waals surface area (Å²) in [4.78, 5) is 28.2. The molecule has 0 amide bonds.